The standard InChI is InChI=1S/C10H11BrN2O6/c11-4-6(14)12-5(3-9(17)18)10(19)13-7(15)1-2-8(13)16/h1-2,5,15-16H,3-4H2,(H,12,14)(H,17,18). The highest BCUT2D eigenvalue weighted by Crippen LogP contribution is 2.21. The van der Waals surface area contributed by atoms with E-state index < -0.39 is 42.0 Å². The summed E-state index contributed by atoms with van der Waals surface area (Å²) in [5.74, 6) is -3.95. The Balaban J connectivity index is 3.00. The zero-order chi connectivity index (χ0) is 14.6. The molecule has 1 aromatic heterocycles. The SMILES string of the molecule is O=C(O)CC(NC(=O)CBr)C(=O)n1c(O)ccc1O. The van der Waals surface area contributed by atoms with E-state index in [1.807, 2.05) is 0 Å². The lowest BCUT2D eigenvalue weighted by Crippen LogP contribution is -2.44. The minimum absolute atomic E-state index is 0.111. The summed E-state index contributed by atoms with van der Waals surface area (Å²) in [4.78, 5) is 33.9. The van der Waals surface area contributed by atoms with Crippen molar-refractivity contribution in [1.82, 2.24) is 9.88 Å². The molecular weight excluding hydrogens is 324 g/mol. The molecule has 0 fully saturated rings. The van der Waals surface area contributed by atoms with Gasteiger partial charge in [0.2, 0.25) is 17.7 Å². The first kappa shape index (κ1) is 15.0. The van der Waals surface area contributed by atoms with Crippen molar-refractivity contribution in [2.24, 2.45) is 0 Å². The third kappa shape index (κ3) is 3.71. The highest BCUT2D eigenvalue weighted by Gasteiger charge is 2.27. The lowest BCUT2D eigenvalue weighted by atomic mass is 10.2. The van der Waals surface area contributed by atoms with Gasteiger partial charge in [-0.2, -0.15) is 0 Å². The van der Waals surface area contributed by atoms with Crippen LogP contribution in [0.5, 0.6) is 11.8 Å². The van der Waals surface area contributed by atoms with Gasteiger partial charge in [0.1, 0.15) is 6.04 Å². The quantitative estimate of drug-likeness (QED) is 0.556. The molecule has 0 aliphatic heterocycles. The molecule has 0 aliphatic carbocycles. The molecule has 0 saturated carbocycles. The smallest absolute Gasteiger partial charge is 0.305 e. The zero-order valence-electron chi connectivity index (χ0n) is 9.54. The highest BCUT2D eigenvalue weighted by molar-refractivity contribution is 9.09. The molecule has 0 bridgehead atoms. The molecule has 104 valence electrons. The van der Waals surface area contributed by atoms with Crippen molar-refractivity contribution in [3.8, 4) is 11.8 Å². The van der Waals surface area contributed by atoms with E-state index in [1.165, 1.54) is 0 Å². The van der Waals surface area contributed by atoms with Gasteiger partial charge < -0.3 is 20.6 Å². The summed E-state index contributed by atoms with van der Waals surface area (Å²) in [7, 11) is 0. The monoisotopic (exact) mass is 334 g/mol. The van der Waals surface area contributed by atoms with Crippen molar-refractivity contribution >= 4 is 33.7 Å². The number of aromatic hydroxyl groups is 2. The second-order valence-electron chi connectivity index (χ2n) is 3.57. The van der Waals surface area contributed by atoms with Gasteiger partial charge in [0.15, 0.2) is 0 Å². The number of carbonyl (C=O) groups is 3. The van der Waals surface area contributed by atoms with Crippen molar-refractivity contribution in [2.45, 2.75) is 12.5 Å². The number of aromatic nitrogens is 1. The number of carboxylic acid groups (broad SMARTS) is 1. The second-order valence-corrected chi connectivity index (χ2v) is 4.14. The largest absolute Gasteiger partial charge is 0.494 e. The van der Waals surface area contributed by atoms with Crippen molar-refractivity contribution in [3.05, 3.63) is 12.1 Å². The van der Waals surface area contributed by atoms with Gasteiger partial charge in [0.05, 0.1) is 11.8 Å². The van der Waals surface area contributed by atoms with Gasteiger partial charge in [-0.3, -0.25) is 14.4 Å². The molecule has 1 amide bonds. The molecule has 1 unspecified atom stereocenters. The van der Waals surface area contributed by atoms with E-state index in [1.54, 1.807) is 0 Å². The lowest BCUT2D eigenvalue weighted by molar-refractivity contribution is -0.137. The number of nitrogens with one attached hydrogen (secondary N) is 1. The Kier molecular flexibility index (Phi) is 4.93. The number of amides is 1. The number of carbonyl (C=O) groups excluding carboxylic acids is 2. The summed E-state index contributed by atoms with van der Waals surface area (Å²) in [6.07, 6.45) is -0.672. The second kappa shape index (κ2) is 6.23. The fourth-order valence-electron chi connectivity index (χ4n) is 1.40. The summed E-state index contributed by atoms with van der Waals surface area (Å²) in [5.41, 5.74) is 0. The first-order chi connectivity index (χ1) is 8.86. The molecule has 1 rings (SSSR count). The van der Waals surface area contributed by atoms with Crippen LogP contribution in [0.4, 0.5) is 0 Å². The molecule has 0 spiro atoms. The average molecular weight is 335 g/mol. The third-order valence-corrected chi connectivity index (χ3v) is 2.70. The van der Waals surface area contributed by atoms with Gasteiger partial charge in [0.25, 0.3) is 5.91 Å². The van der Waals surface area contributed by atoms with Gasteiger partial charge in [-0.15, -0.1) is 0 Å². The molecule has 4 N–H and O–H groups in total. The topological polar surface area (TPSA) is 129 Å². The van der Waals surface area contributed by atoms with Gasteiger partial charge in [0, 0.05) is 12.1 Å². The van der Waals surface area contributed by atoms with Crippen LogP contribution in [0, 0.1) is 0 Å². The van der Waals surface area contributed by atoms with Crippen molar-refractivity contribution in [2.75, 3.05) is 5.33 Å². The Hall–Kier alpha value is -2.03. The van der Waals surface area contributed by atoms with E-state index in [4.69, 9.17) is 5.11 Å². The molecule has 19 heavy (non-hydrogen) atoms. The predicted octanol–water partition coefficient (Wildman–Crippen LogP) is -0.106. The van der Waals surface area contributed by atoms with E-state index in [9.17, 15) is 24.6 Å². The highest BCUT2D eigenvalue weighted by atomic mass is 79.9. The Morgan fingerprint density at radius 2 is 1.79 bits per heavy atom. The average Bonchev–Trinajstić information content (AvgIpc) is 2.66. The van der Waals surface area contributed by atoms with E-state index >= 15 is 0 Å². The normalized spacial score (nSPS) is 11.8. The molecule has 1 aromatic rings. The molecule has 9 heteroatoms. The maximum atomic E-state index is 12.0. The summed E-state index contributed by atoms with van der Waals surface area (Å²) in [5, 5.41) is 29.6. The van der Waals surface area contributed by atoms with E-state index in [0.717, 1.165) is 12.1 Å². The first-order valence-corrected chi connectivity index (χ1v) is 6.20. The van der Waals surface area contributed by atoms with E-state index in [-0.39, 0.29) is 5.33 Å². The van der Waals surface area contributed by atoms with Gasteiger partial charge in [-0.1, -0.05) is 15.9 Å². The number of rotatable bonds is 5. The number of halogens is 1. The van der Waals surface area contributed by atoms with Crippen LogP contribution in [-0.2, 0) is 9.59 Å². The fourth-order valence-corrected chi connectivity index (χ4v) is 1.57. The molecule has 8 nitrogen and oxygen atoms in total. The summed E-state index contributed by atoms with van der Waals surface area (Å²) < 4.78 is 0.516. The zero-order valence-corrected chi connectivity index (χ0v) is 11.1. The lowest BCUT2D eigenvalue weighted by Gasteiger charge is -2.16. The number of alkyl halides is 1. The Morgan fingerprint density at radius 3 is 2.21 bits per heavy atom. The molecular formula is C10H11BrN2O6. The maximum absolute atomic E-state index is 12.0. The molecule has 0 saturated heterocycles. The van der Waals surface area contributed by atoms with Crippen molar-refractivity contribution < 1.29 is 29.7 Å². The summed E-state index contributed by atoms with van der Waals surface area (Å²) in [6.45, 7) is 0. The van der Waals surface area contributed by atoms with Crippen LogP contribution in [0.15, 0.2) is 12.1 Å². The number of hydrogen-bond donors (Lipinski definition) is 4. The predicted molar refractivity (Wildman–Crippen MR) is 66.4 cm³/mol. The van der Waals surface area contributed by atoms with Crippen LogP contribution >= 0.6 is 15.9 Å². The Bertz CT molecular complexity index is 493. The molecule has 1 heterocycles. The van der Waals surface area contributed by atoms with Gasteiger partial charge in [-0.25, -0.2) is 4.57 Å². The third-order valence-electron chi connectivity index (χ3n) is 2.19. The minimum atomic E-state index is -1.40. The summed E-state index contributed by atoms with van der Waals surface area (Å²) >= 11 is 2.86. The number of aliphatic carboxylic acids is 1. The van der Waals surface area contributed by atoms with Crippen molar-refractivity contribution in [1.29, 1.82) is 0 Å². The van der Waals surface area contributed by atoms with Gasteiger partial charge >= 0.3 is 5.97 Å². The molecule has 0 radical (unpaired) electrons. The van der Waals surface area contributed by atoms with Crippen molar-refractivity contribution in [3.63, 3.8) is 0 Å². The van der Waals surface area contributed by atoms with Gasteiger partial charge in [-0.05, 0) is 0 Å². The van der Waals surface area contributed by atoms with Crippen LogP contribution in [0.2, 0.25) is 0 Å². The molecule has 0 aromatic carbocycles. The van der Waals surface area contributed by atoms with Crippen LogP contribution in [0.25, 0.3) is 0 Å². The Labute approximate surface area is 115 Å². The number of hydrogen-bond acceptors (Lipinski definition) is 5. The number of nitrogens with zero attached hydrogens (tertiary/aromatic N) is 1. The van der Waals surface area contributed by atoms with Crippen LogP contribution in [0.1, 0.15) is 11.2 Å². The fraction of sp³-hybridized carbons (Fsp3) is 0.300. The number of carboxylic acids is 1. The Morgan fingerprint density at radius 1 is 1.26 bits per heavy atom. The minimum Gasteiger partial charge on any atom is -0.494 e. The van der Waals surface area contributed by atoms with Crippen LogP contribution in [-0.4, -0.2) is 49.0 Å². The molecule has 0 aliphatic rings. The first-order valence-electron chi connectivity index (χ1n) is 5.07. The van der Waals surface area contributed by atoms with E-state index in [2.05, 4.69) is 21.2 Å². The van der Waals surface area contributed by atoms with Crippen LogP contribution in [0.3, 0.4) is 0 Å². The maximum Gasteiger partial charge on any atom is 0.305 e. The van der Waals surface area contributed by atoms with Crippen LogP contribution < -0.4 is 5.32 Å². The molecule has 1 atom stereocenters. The summed E-state index contributed by atoms with van der Waals surface area (Å²) in [6, 6.07) is 0.737. The van der Waals surface area contributed by atoms with E-state index in [0.29, 0.717) is 4.57 Å².